The van der Waals surface area contributed by atoms with Crippen molar-refractivity contribution in [1.29, 1.82) is 0 Å². The molecule has 0 spiro atoms. The van der Waals surface area contributed by atoms with Gasteiger partial charge in [-0.3, -0.25) is 4.98 Å². The number of aromatic nitrogens is 1. The molecule has 1 aromatic carbocycles. The third-order valence-corrected chi connectivity index (χ3v) is 5.53. The minimum absolute atomic E-state index is 0. The molecular weight excluding hydrogens is 429 g/mol. The number of aryl methyl sites for hydroxylation is 1. The number of hydrazone groups is 1. The second kappa shape index (κ2) is 13.3. The Morgan fingerprint density at radius 1 is 1.32 bits per heavy atom. The molecule has 0 aliphatic carbocycles. The maximum Gasteiger partial charge on any atom is 1.00 e. The van der Waals surface area contributed by atoms with Crippen molar-refractivity contribution < 1.29 is 64.0 Å². The number of anilines is 1. The van der Waals surface area contributed by atoms with Gasteiger partial charge in [-0.05, 0) is 48.6 Å². The summed E-state index contributed by atoms with van der Waals surface area (Å²) in [6.07, 6.45) is 4.42. The Bertz CT molecular complexity index is 907. The van der Waals surface area contributed by atoms with Crippen LogP contribution >= 0.6 is 8.81 Å². The summed E-state index contributed by atoms with van der Waals surface area (Å²) in [6.45, 7) is 7.28. The molecule has 4 N–H and O–H groups in total. The molecule has 3 rings (SSSR count). The average molecular weight is 456 g/mol. The van der Waals surface area contributed by atoms with Gasteiger partial charge in [-0.15, -0.1) is 5.10 Å². The molecule has 1 saturated heterocycles. The van der Waals surface area contributed by atoms with Crippen LogP contribution in [-0.2, 0) is 0 Å². The molecule has 154 valence electrons. The summed E-state index contributed by atoms with van der Waals surface area (Å²) in [4.78, 5) is 17.4. The monoisotopic (exact) mass is 456 g/mol. The maximum absolute atomic E-state index is 10.8. The van der Waals surface area contributed by atoms with Crippen molar-refractivity contribution in [2.75, 3.05) is 24.7 Å². The fourth-order valence-electron chi connectivity index (χ4n) is 3.67. The van der Waals surface area contributed by atoms with Gasteiger partial charge >= 0.3 is 59.1 Å². The number of rotatable bonds is 7. The number of hydrogen-bond acceptors (Lipinski definition) is 6. The van der Waals surface area contributed by atoms with Crippen LogP contribution in [0.5, 0.6) is 0 Å². The Morgan fingerprint density at radius 2 is 2.03 bits per heavy atom. The van der Waals surface area contributed by atoms with E-state index in [1.165, 1.54) is 11.3 Å². The summed E-state index contributed by atoms with van der Waals surface area (Å²) in [7, 11) is 1.83. The van der Waals surface area contributed by atoms with Crippen molar-refractivity contribution >= 4 is 20.3 Å². The molecule has 1 aliphatic rings. The fourth-order valence-corrected chi connectivity index (χ4v) is 4.14. The van der Waals surface area contributed by atoms with Crippen molar-refractivity contribution in [3.63, 3.8) is 0 Å². The van der Waals surface area contributed by atoms with Gasteiger partial charge in [0.05, 0.1) is 0 Å². The van der Waals surface area contributed by atoms with E-state index in [2.05, 4.69) is 46.7 Å². The van der Waals surface area contributed by atoms with Crippen LogP contribution in [0.25, 0.3) is 11.1 Å². The predicted octanol–water partition coefficient (Wildman–Crippen LogP) is -3.56. The number of pyridine rings is 1. The molecular formula is C21H27N6Na2OP. The van der Waals surface area contributed by atoms with Crippen LogP contribution in [0.15, 0.2) is 53.9 Å². The van der Waals surface area contributed by atoms with Gasteiger partial charge in [-0.1, -0.05) is 25.1 Å². The number of hydrogen-bond donors (Lipinski definition) is 2. The molecule has 2 aromatic rings. The molecule has 2 heterocycles. The molecule has 10 heteroatoms. The first-order valence-electron chi connectivity index (χ1n) is 9.53. The van der Waals surface area contributed by atoms with E-state index in [9.17, 15) is 4.89 Å². The maximum atomic E-state index is 10.8. The fraction of sp³-hybridized carbons (Fsp3) is 0.333. The zero-order valence-corrected chi connectivity index (χ0v) is 23.8. The molecule has 0 saturated carbocycles. The van der Waals surface area contributed by atoms with Crippen LogP contribution in [0.2, 0.25) is 0 Å². The zero-order valence-electron chi connectivity index (χ0n) is 18.9. The summed E-state index contributed by atoms with van der Waals surface area (Å²) in [5.74, 6) is 6.27. The first-order valence-corrected chi connectivity index (χ1v) is 10.5. The number of nitrogens with two attached hydrogens (primary N) is 2. The molecule has 1 fully saturated rings. The van der Waals surface area contributed by atoms with Gasteiger partial charge < -0.3 is 24.3 Å². The van der Waals surface area contributed by atoms with Crippen LogP contribution in [0.1, 0.15) is 24.1 Å². The van der Waals surface area contributed by atoms with Crippen molar-refractivity contribution in [2.45, 2.75) is 19.8 Å². The topological polar surface area (TPSA) is 107 Å². The Labute approximate surface area is 230 Å². The quantitative estimate of drug-likeness (QED) is 0.112. The SMILES string of the molecule is C=C1CC(CC[P-][O-])CN1c1ccc(-c2ccc(/C(N)=N/N(C)N)nc2)cc1C.[Na+].[Na+]. The van der Waals surface area contributed by atoms with E-state index >= 15 is 0 Å². The summed E-state index contributed by atoms with van der Waals surface area (Å²) in [5, 5.41) is 5.12. The molecule has 0 radical (unpaired) electrons. The van der Waals surface area contributed by atoms with Gasteiger partial charge in [-0.25, -0.2) is 17.1 Å². The van der Waals surface area contributed by atoms with Crippen LogP contribution in [0.3, 0.4) is 0 Å². The zero-order chi connectivity index (χ0) is 21.0. The van der Waals surface area contributed by atoms with Gasteiger partial charge in [-0.2, -0.15) is 0 Å². The van der Waals surface area contributed by atoms with Crippen LogP contribution in [0, 0.1) is 12.8 Å². The van der Waals surface area contributed by atoms with E-state index in [1.54, 1.807) is 13.2 Å². The first kappa shape index (κ1) is 28.6. The average Bonchev–Trinajstić information content (AvgIpc) is 3.06. The van der Waals surface area contributed by atoms with Gasteiger partial charge in [0, 0.05) is 36.7 Å². The van der Waals surface area contributed by atoms with Crippen LogP contribution < -0.4 is 80.5 Å². The summed E-state index contributed by atoms with van der Waals surface area (Å²) < 4.78 is 0. The molecule has 1 aromatic heterocycles. The van der Waals surface area contributed by atoms with Crippen LogP contribution in [0.4, 0.5) is 5.69 Å². The number of hydrazine groups is 1. The van der Waals surface area contributed by atoms with E-state index in [0.29, 0.717) is 17.8 Å². The molecule has 0 bridgehead atoms. The second-order valence-electron chi connectivity index (χ2n) is 7.38. The molecule has 31 heavy (non-hydrogen) atoms. The van der Waals surface area contributed by atoms with Gasteiger partial charge in [0.2, 0.25) is 0 Å². The Kier molecular flexibility index (Phi) is 12.2. The summed E-state index contributed by atoms with van der Waals surface area (Å²) in [5.41, 5.74) is 12.0. The van der Waals surface area contributed by atoms with E-state index in [1.807, 2.05) is 12.1 Å². The van der Waals surface area contributed by atoms with Gasteiger partial charge in [0.1, 0.15) is 5.69 Å². The predicted molar refractivity (Wildman–Crippen MR) is 118 cm³/mol. The van der Waals surface area contributed by atoms with E-state index in [4.69, 9.17) is 11.6 Å². The number of allylic oxidation sites excluding steroid dienone is 1. The number of benzene rings is 1. The minimum Gasteiger partial charge on any atom is -1.02 e. The van der Waals surface area contributed by atoms with E-state index in [0.717, 1.165) is 41.3 Å². The largest absolute Gasteiger partial charge is 1.02 e. The molecule has 7 nitrogen and oxygen atoms in total. The van der Waals surface area contributed by atoms with E-state index < -0.39 is 0 Å². The summed E-state index contributed by atoms with van der Waals surface area (Å²) in [6, 6.07) is 10.2. The number of nitrogens with zero attached hydrogens (tertiary/aromatic N) is 4. The normalized spacial score (nSPS) is 16.4. The molecule has 1 aliphatic heterocycles. The van der Waals surface area contributed by atoms with Crippen molar-refractivity contribution in [2.24, 2.45) is 22.6 Å². The Morgan fingerprint density at radius 3 is 2.61 bits per heavy atom. The van der Waals surface area contributed by atoms with Crippen LogP contribution in [-0.4, -0.2) is 35.7 Å². The van der Waals surface area contributed by atoms with Crippen molar-refractivity contribution in [3.05, 3.63) is 60.1 Å². The van der Waals surface area contributed by atoms with Gasteiger partial charge in [0.15, 0.2) is 5.84 Å². The second-order valence-corrected chi connectivity index (χ2v) is 8.09. The summed E-state index contributed by atoms with van der Waals surface area (Å²) >= 11 is 0. The standard InChI is InChI=1S/C21H27N6OP.2Na/c1-14-10-17(18-4-6-19(24-12-18)21(22)25-26(3)23)5-7-20(14)27-13-16(8-9-29-28)11-15(27)2;;/h4-7,10,12,16H,2,8-9,11,13,23H2,1,3H3,(H2,22,25);;/q-2;2*+1. The third kappa shape index (κ3) is 7.53. The Hall–Kier alpha value is -0.470. The van der Waals surface area contributed by atoms with Gasteiger partial charge in [0.25, 0.3) is 0 Å². The smallest absolute Gasteiger partial charge is 1.00 e. The van der Waals surface area contributed by atoms with Crippen molar-refractivity contribution in [3.8, 4) is 11.1 Å². The third-order valence-electron chi connectivity index (χ3n) is 5.09. The molecule has 1 unspecified atom stereocenters. The van der Waals surface area contributed by atoms with Crippen molar-refractivity contribution in [1.82, 2.24) is 10.1 Å². The van der Waals surface area contributed by atoms with E-state index in [-0.39, 0.29) is 73.8 Å². The first-order chi connectivity index (χ1) is 13.9. The molecule has 1 atom stereocenters. The number of amidine groups is 1. The Balaban J connectivity index is 0.00000240. The minimum atomic E-state index is 0. The molecule has 0 amide bonds.